The van der Waals surface area contributed by atoms with Crippen LogP contribution < -0.4 is 5.32 Å². The summed E-state index contributed by atoms with van der Waals surface area (Å²) in [5.74, 6) is 0. The van der Waals surface area contributed by atoms with Crippen molar-refractivity contribution in [1.82, 2.24) is 15.2 Å². The summed E-state index contributed by atoms with van der Waals surface area (Å²) in [5, 5.41) is 3.84. The fourth-order valence-corrected chi connectivity index (χ4v) is 2.42. The van der Waals surface area contributed by atoms with Crippen LogP contribution in [0.15, 0.2) is 18.5 Å². The Morgan fingerprint density at radius 2 is 2.30 bits per heavy atom. The number of carbonyl (C=O) groups is 1. The average molecular weight is 298 g/mol. The van der Waals surface area contributed by atoms with Gasteiger partial charge in [0.25, 0.3) is 0 Å². The Balaban J connectivity index is 2.22. The Bertz CT molecular complexity index is 488. The zero-order valence-electron chi connectivity index (χ0n) is 12.0. The molecule has 0 saturated carbocycles. The van der Waals surface area contributed by atoms with Crippen LogP contribution in [-0.2, 0) is 4.74 Å². The van der Waals surface area contributed by atoms with Gasteiger partial charge in [0.15, 0.2) is 0 Å². The number of carbonyl (C=O) groups excluding carboxylic acids is 1. The Morgan fingerprint density at radius 3 is 2.95 bits per heavy atom. The van der Waals surface area contributed by atoms with Crippen molar-refractivity contribution in [2.75, 3.05) is 19.6 Å². The van der Waals surface area contributed by atoms with Gasteiger partial charge in [0.05, 0.1) is 11.1 Å². The van der Waals surface area contributed by atoms with Gasteiger partial charge in [-0.15, -0.1) is 0 Å². The number of halogens is 1. The third-order valence-corrected chi connectivity index (χ3v) is 3.35. The maximum Gasteiger partial charge on any atom is 0.410 e. The zero-order chi connectivity index (χ0) is 14.8. The molecule has 0 spiro atoms. The standard InChI is InChI=1S/C14H20ClN3O2/c1-14(2,3)20-13(19)18-7-6-17-9-12(18)10-4-5-16-8-11(10)15/h4-5,8,12,17H,6-7,9H2,1-3H3. The molecule has 2 rings (SSSR count). The van der Waals surface area contributed by atoms with Crippen LogP contribution in [0, 0.1) is 0 Å². The van der Waals surface area contributed by atoms with Crippen LogP contribution in [0.5, 0.6) is 0 Å². The van der Waals surface area contributed by atoms with E-state index in [1.807, 2.05) is 26.8 Å². The van der Waals surface area contributed by atoms with Crippen molar-refractivity contribution in [3.05, 3.63) is 29.0 Å². The minimum Gasteiger partial charge on any atom is -0.444 e. The molecule has 1 amide bonds. The Kier molecular flexibility index (Phi) is 4.50. The number of ether oxygens (including phenoxy) is 1. The predicted octanol–water partition coefficient (Wildman–Crippen LogP) is 2.62. The van der Waals surface area contributed by atoms with E-state index >= 15 is 0 Å². The molecule has 1 fully saturated rings. The molecular formula is C14H20ClN3O2. The lowest BCUT2D eigenvalue weighted by Crippen LogP contribution is -2.50. The summed E-state index contributed by atoms with van der Waals surface area (Å²) in [6, 6.07) is 1.71. The number of nitrogens with one attached hydrogen (secondary N) is 1. The molecule has 0 aromatic carbocycles. The first-order chi connectivity index (χ1) is 9.38. The SMILES string of the molecule is CC(C)(C)OC(=O)N1CCNCC1c1ccncc1Cl. The molecule has 1 aromatic heterocycles. The van der Waals surface area contributed by atoms with Gasteiger partial charge in [0.1, 0.15) is 5.60 Å². The van der Waals surface area contributed by atoms with Gasteiger partial charge in [-0.25, -0.2) is 4.79 Å². The summed E-state index contributed by atoms with van der Waals surface area (Å²) in [6.07, 6.45) is 2.97. The highest BCUT2D eigenvalue weighted by Gasteiger charge is 2.32. The molecule has 1 aliphatic heterocycles. The second-order valence-electron chi connectivity index (χ2n) is 5.79. The fourth-order valence-electron chi connectivity index (χ4n) is 2.18. The van der Waals surface area contributed by atoms with Gasteiger partial charge in [-0.05, 0) is 32.4 Å². The van der Waals surface area contributed by atoms with Crippen molar-refractivity contribution in [1.29, 1.82) is 0 Å². The predicted molar refractivity (Wildman–Crippen MR) is 77.8 cm³/mol. The van der Waals surface area contributed by atoms with Crippen LogP contribution in [-0.4, -0.2) is 41.2 Å². The maximum atomic E-state index is 12.3. The topological polar surface area (TPSA) is 54.5 Å². The number of amides is 1. The minimum absolute atomic E-state index is 0.130. The lowest BCUT2D eigenvalue weighted by Gasteiger charge is -2.37. The maximum absolute atomic E-state index is 12.3. The third-order valence-electron chi connectivity index (χ3n) is 3.03. The quantitative estimate of drug-likeness (QED) is 0.866. The summed E-state index contributed by atoms with van der Waals surface area (Å²) >= 11 is 6.19. The lowest BCUT2D eigenvalue weighted by atomic mass is 10.1. The summed E-state index contributed by atoms with van der Waals surface area (Å²) in [5.41, 5.74) is 0.383. The van der Waals surface area contributed by atoms with E-state index in [4.69, 9.17) is 16.3 Å². The van der Waals surface area contributed by atoms with E-state index < -0.39 is 5.60 Å². The van der Waals surface area contributed by atoms with Gasteiger partial charge in [0.2, 0.25) is 0 Å². The van der Waals surface area contributed by atoms with Crippen molar-refractivity contribution < 1.29 is 9.53 Å². The summed E-state index contributed by atoms with van der Waals surface area (Å²) in [4.78, 5) is 18.0. The van der Waals surface area contributed by atoms with Crippen LogP contribution in [0.25, 0.3) is 0 Å². The second-order valence-corrected chi connectivity index (χ2v) is 6.20. The third kappa shape index (κ3) is 3.61. The molecule has 0 radical (unpaired) electrons. The molecule has 6 heteroatoms. The summed E-state index contributed by atoms with van der Waals surface area (Å²) < 4.78 is 5.47. The molecule has 1 N–H and O–H groups in total. The molecule has 1 atom stereocenters. The van der Waals surface area contributed by atoms with Crippen LogP contribution in [0.4, 0.5) is 4.79 Å². The molecule has 0 bridgehead atoms. The Labute approximate surface area is 124 Å². The first-order valence-electron chi connectivity index (χ1n) is 6.68. The number of piperazine rings is 1. The highest BCUT2D eigenvalue weighted by molar-refractivity contribution is 6.31. The highest BCUT2D eigenvalue weighted by atomic mass is 35.5. The van der Waals surface area contributed by atoms with E-state index in [0.29, 0.717) is 18.1 Å². The number of hydrogen-bond acceptors (Lipinski definition) is 4. The zero-order valence-corrected chi connectivity index (χ0v) is 12.8. The molecule has 1 saturated heterocycles. The van der Waals surface area contributed by atoms with Crippen molar-refractivity contribution in [3.63, 3.8) is 0 Å². The van der Waals surface area contributed by atoms with E-state index in [0.717, 1.165) is 12.1 Å². The van der Waals surface area contributed by atoms with E-state index in [1.54, 1.807) is 17.3 Å². The van der Waals surface area contributed by atoms with Gasteiger partial charge in [-0.3, -0.25) is 9.88 Å². The van der Waals surface area contributed by atoms with Crippen LogP contribution >= 0.6 is 11.6 Å². The molecular weight excluding hydrogens is 278 g/mol. The number of aromatic nitrogens is 1. The molecule has 2 heterocycles. The minimum atomic E-state index is -0.505. The molecule has 0 aliphatic carbocycles. The van der Waals surface area contributed by atoms with Crippen molar-refractivity contribution in [2.45, 2.75) is 32.4 Å². The summed E-state index contributed by atoms with van der Waals surface area (Å²) in [7, 11) is 0. The largest absolute Gasteiger partial charge is 0.444 e. The van der Waals surface area contributed by atoms with E-state index in [2.05, 4.69) is 10.3 Å². The molecule has 20 heavy (non-hydrogen) atoms. The van der Waals surface area contributed by atoms with Gasteiger partial charge >= 0.3 is 6.09 Å². The van der Waals surface area contributed by atoms with Crippen LogP contribution in [0.1, 0.15) is 32.4 Å². The number of pyridine rings is 1. The Hall–Kier alpha value is -1.33. The first-order valence-corrected chi connectivity index (χ1v) is 7.06. The van der Waals surface area contributed by atoms with Crippen LogP contribution in [0.3, 0.4) is 0 Å². The van der Waals surface area contributed by atoms with Gasteiger partial charge in [-0.1, -0.05) is 11.6 Å². The van der Waals surface area contributed by atoms with Crippen molar-refractivity contribution in [2.24, 2.45) is 0 Å². The lowest BCUT2D eigenvalue weighted by molar-refractivity contribution is 0.0118. The fraction of sp³-hybridized carbons (Fsp3) is 0.571. The summed E-state index contributed by atoms with van der Waals surface area (Å²) in [6.45, 7) is 7.59. The normalized spacial score (nSPS) is 19.8. The average Bonchev–Trinajstić information content (AvgIpc) is 2.37. The van der Waals surface area contributed by atoms with Gasteiger partial charge < -0.3 is 10.1 Å². The first kappa shape index (κ1) is 15.1. The van der Waals surface area contributed by atoms with Crippen LogP contribution in [0.2, 0.25) is 5.02 Å². The van der Waals surface area contributed by atoms with Gasteiger partial charge in [-0.2, -0.15) is 0 Å². The smallest absolute Gasteiger partial charge is 0.410 e. The monoisotopic (exact) mass is 297 g/mol. The van der Waals surface area contributed by atoms with Crippen molar-refractivity contribution in [3.8, 4) is 0 Å². The van der Waals surface area contributed by atoms with Crippen molar-refractivity contribution >= 4 is 17.7 Å². The molecule has 110 valence electrons. The van der Waals surface area contributed by atoms with E-state index in [9.17, 15) is 4.79 Å². The van der Waals surface area contributed by atoms with E-state index in [1.165, 1.54) is 0 Å². The highest BCUT2D eigenvalue weighted by Crippen LogP contribution is 2.29. The number of rotatable bonds is 1. The number of hydrogen-bond donors (Lipinski definition) is 1. The molecule has 1 aromatic rings. The molecule has 1 unspecified atom stereocenters. The van der Waals surface area contributed by atoms with Gasteiger partial charge in [0, 0.05) is 32.0 Å². The molecule has 5 nitrogen and oxygen atoms in total. The Morgan fingerprint density at radius 1 is 1.55 bits per heavy atom. The molecule has 1 aliphatic rings. The van der Waals surface area contributed by atoms with E-state index in [-0.39, 0.29) is 12.1 Å². The number of nitrogens with zero attached hydrogens (tertiary/aromatic N) is 2. The second kappa shape index (κ2) is 5.97.